The van der Waals surface area contributed by atoms with Crippen LogP contribution in [0.4, 0.5) is 0 Å². The standard InChI is InChI=1S/C12H11Cl/c1-2-9-7-8-12(13)11-6-4-3-5-10(9)11/h3-8H,2H2,1H3. The van der Waals surface area contributed by atoms with Crippen LogP contribution in [0.25, 0.3) is 10.8 Å². The molecule has 0 nitrogen and oxygen atoms in total. The zero-order valence-electron chi connectivity index (χ0n) is 7.55. The summed E-state index contributed by atoms with van der Waals surface area (Å²) in [7, 11) is 0. The SMILES string of the molecule is CCc1ccc(Cl)c2ccccc12. The van der Waals surface area contributed by atoms with Crippen LogP contribution in [-0.4, -0.2) is 0 Å². The molecule has 0 aliphatic heterocycles. The minimum atomic E-state index is 0.841. The Balaban J connectivity index is 2.84. The third-order valence-corrected chi connectivity index (χ3v) is 2.67. The van der Waals surface area contributed by atoms with Crippen molar-refractivity contribution in [2.45, 2.75) is 13.3 Å². The molecule has 2 aromatic rings. The van der Waals surface area contributed by atoms with Crippen molar-refractivity contribution in [1.29, 1.82) is 0 Å². The van der Waals surface area contributed by atoms with Gasteiger partial charge in [0, 0.05) is 10.4 Å². The Morgan fingerprint density at radius 2 is 1.69 bits per heavy atom. The number of rotatable bonds is 1. The third-order valence-electron chi connectivity index (χ3n) is 2.34. The molecule has 66 valence electrons. The molecular formula is C12H11Cl. The fraction of sp³-hybridized carbons (Fsp3) is 0.167. The topological polar surface area (TPSA) is 0 Å². The van der Waals surface area contributed by atoms with Gasteiger partial charge in [0.25, 0.3) is 0 Å². The maximum Gasteiger partial charge on any atom is 0.0484 e. The summed E-state index contributed by atoms with van der Waals surface area (Å²) < 4.78 is 0. The number of halogens is 1. The molecule has 0 saturated heterocycles. The fourth-order valence-electron chi connectivity index (χ4n) is 1.63. The molecule has 0 saturated carbocycles. The second-order valence-electron chi connectivity index (χ2n) is 3.11. The summed E-state index contributed by atoms with van der Waals surface area (Å²) >= 11 is 6.09. The summed E-state index contributed by atoms with van der Waals surface area (Å²) in [6.45, 7) is 2.16. The normalized spacial score (nSPS) is 10.6. The zero-order chi connectivity index (χ0) is 9.26. The Hall–Kier alpha value is -1.01. The summed E-state index contributed by atoms with van der Waals surface area (Å²) in [6.07, 6.45) is 1.05. The van der Waals surface area contributed by atoms with E-state index in [9.17, 15) is 0 Å². The maximum absolute atomic E-state index is 6.09. The van der Waals surface area contributed by atoms with E-state index >= 15 is 0 Å². The Morgan fingerprint density at radius 1 is 1.00 bits per heavy atom. The van der Waals surface area contributed by atoms with Crippen molar-refractivity contribution in [1.82, 2.24) is 0 Å². The van der Waals surface area contributed by atoms with Gasteiger partial charge in [0.15, 0.2) is 0 Å². The molecule has 0 atom stereocenters. The van der Waals surface area contributed by atoms with Gasteiger partial charge in [-0.1, -0.05) is 48.9 Å². The number of hydrogen-bond donors (Lipinski definition) is 0. The van der Waals surface area contributed by atoms with Crippen LogP contribution in [0.15, 0.2) is 36.4 Å². The van der Waals surface area contributed by atoms with Gasteiger partial charge in [0.2, 0.25) is 0 Å². The second kappa shape index (κ2) is 3.39. The minimum absolute atomic E-state index is 0.841. The van der Waals surface area contributed by atoms with Crippen LogP contribution >= 0.6 is 11.6 Å². The Labute approximate surface area is 83.1 Å². The number of hydrogen-bond acceptors (Lipinski definition) is 0. The van der Waals surface area contributed by atoms with Crippen molar-refractivity contribution >= 4 is 22.4 Å². The lowest BCUT2D eigenvalue weighted by Crippen LogP contribution is -1.83. The van der Waals surface area contributed by atoms with Crippen LogP contribution in [-0.2, 0) is 6.42 Å². The first-order valence-electron chi connectivity index (χ1n) is 4.49. The van der Waals surface area contributed by atoms with E-state index < -0.39 is 0 Å². The van der Waals surface area contributed by atoms with Gasteiger partial charge in [-0.2, -0.15) is 0 Å². The van der Waals surface area contributed by atoms with Gasteiger partial charge in [-0.3, -0.25) is 0 Å². The van der Waals surface area contributed by atoms with Gasteiger partial charge in [-0.05, 0) is 23.4 Å². The van der Waals surface area contributed by atoms with Gasteiger partial charge < -0.3 is 0 Å². The molecule has 0 spiro atoms. The summed E-state index contributed by atoms with van der Waals surface area (Å²) in [5.74, 6) is 0. The van der Waals surface area contributed by atoms with E-state index in [0.29, 0.717) is 0 Å². The van der Waals surface area contributed by atoms with Crippen LogP contribution in [0, 0.1) is 0 Å². The lowest BCUT2D eigenvalue weighted by Gasteiger charge is -2.04. The molecule has 0 heterocycles. The summed E-state index contributed by atoms with van der Waals surface area (Å²) in [5, 5.41) is 3.27. The highest BCUT2D eigenvalue weighted by Crippen LogP contribution is 2.26. The van der Waals surface area contributed by atoms with Crippen molar-refractivity contribution in [3.8, 4) is 0 Å². The Bertz CT molecular complexity index is 432. The second-order valence-corrected chi connectivity index (χ2v) is 3.51. The third kappa shape index (κ3) is 1.42. The number of aryl methyl sites for hydroxylation is 1. The average molecular weight is 191 g/mol. The first-order valence-corrected chi connectivity index (χ1v) is 4.87. The molecule has 0 aromatic heterocycles. The highest BCUT2D eigenvalue weighted by Gasteiger charge is 2.01. The average Bonchev–Trinajstić information content (AvgIpc) is 2.19. The largest absolute Gasteiger partial charge is 0.0837 e. The summed E-state index contributed by atoms with van der Waals surface area (Å²) in [5.41, 5.74) is 1.36. The monoisotopic (exact) mass is 190 g/mol. The van der Waals surface area contributed by atoms with Crippen molar-refractivity contribution in [3.63, 3.8) is 0 Å². The molecule has 0 unspecified atom stereocenters. The lowest BCUT2D eigenvalue weighted by molar-refractivity contribution is 1.16. The van der Waals surface area contributed by atoms with Crippen molar-refractivity contribution in [3.05, 3.63) is 47.0 Å². The smallest absolute Gasteiger partial charge is 0.0484 e. The van der Waals surface area contributed by atoms with Gasteiger partial charge in [-0.25, -0.2) is 0 Å². The summed E-state index contributed by atoms with van der Waals surface area (Å²) in [4.78, 5) is 0. The van der Waals surface area contributed by atoms with E-state index in [1.165, 1.54) is 10.9 Å². The van der Waals surface area contributed by atoms with E-state index in [1.807, 2.05) is 12.1 Å². The molecule has 0 amide bonds. The molecule has 1 heteroatoms. The summed E-state index contributed by atoms with van der Waals surface area (Å²) in [6, 6.07) is 12.3. The highest BCUT2D eigenvalue weighted by atomic mass is 35.5. The predicted octanol–water partition coefficient (Wildman–Crippen LogP) is 4.06. The molecule has 0 radical (unpaired) electrons. The van der Waals surface area contributed by atoms with Crippen molar-refractivity contribution in [2.75, 3.05) is 0 Å². The van der Waals surface area contributed by atoms with E-state index in [1.54, 1.807) is 0 Å². The minimum Gasteiger partial charge on any atom is -0.0837 e. The van der Waals surface area contributed by atoms with E-state index in [4.69, 9.17) is 11.6 Å². The molecule has 0 N–H and O–H groups in total. The van der Waals surface area contributed by atoms with Crippen molar-refractivity contribution < 1.29 is 0 Å². The molecule has 0 aliphatic rings. The molecule has 0 bridgehead atoms. The molecule has 2 aromatic carbocycles. The van der Waals surface area contributed by atoms with E-state index in [-0.39, 0.29) is 0 Å². The van der Waals surface area contributed by atoms with Crippen LogP contribution in [0.5, 0.6) is 0 Å². The number of fused-ring (bicyclic) bond motifs is 1. The van der Waals surface area contributed by atoms with Gasteiger partial charge in [0.05, 0.1) is 0 Å². The van der Waals surface area contributed by atoms with Crippen LogP contribution in [0.2, 0.25) is 5.02 Å². The van der Waals surface area contributed by atoms with Gasteiger partial charge in [0.1, 0.15) is 0 Å². The molecular weight excluding hydrogens is 180 g/mol. The molecule has 2 rings (SSSR count). The van der Waals surface area contributed by atoms with E-state index in [2.05, 4.69) is 31.2 Å². The first-order chi connectivity index (χ1) is 6.33. The highest BCUT2D eigenvalue weighted by molar-refractivity contribution is 6.35. The van der Waals surface area contributed by atoms with Crippen LogP contribution < -0.4 is 0 Å². The molecule has 0 aliphatic carbocycles. The predicted molar refractivity (Wildman–Crippen MR) is 58.3 cm³/mol. The Kier molecular flexibility index (Phi) is 2.24. The van der Waals surface area contributed by atoms with Crippen LogP contribution in [0.3, 0.4) is 0 Å². The fourth-order valence-corrected chi connectivity index (χ4v) is 1.86. The van der Waals surface area contributed by atoms with Gasteiger partial charge in [-0.15, -0.1) is 0 Å². The van der Waals surface area contributed by atoms with E-state index in [0.717, 1.165) is 16.8 Å². The quantitative estimate of drug-likeness (QED) is 0.637. The Morgan fingerprint density at radius 3 is 2.38 bits per heavy atom. The van der Waals surface area contributed by atoms with Crippen LogP contribution in [0.1, 0.15) is 12.5 Å². The van der Waals surface area contributed by atoms with Crippen molar-refractivity contribution in [2.24, 2.45) is 0 Å². The first kappa shape index (κ1) is 8.58. The zero-order valence-corrected chi connectivity index (χ0v) is 8.31. The molecule has 13 heavy (non-hydrogen) atoms. The maximum atomic E-state index is 6.09. The van der Waals surface area contributed by atoms with Gasteiger partial charge >= 0.3 is 0 Å². The molecule has 0 fully saturated rings. The lowest BCUT2D eigenvalue weighted by atomic mass is 10.0. The number of benzene rings is 2.